The van der Waals surface area contributed by atoms with Gasteiger partial charge in [0.2, 0.25) is 5.91 Å². The molecule has 6 heteroatoms. The van der Waals surface area contributed by atoms with Crippen molar-refractivity contribution >= 4 is 29.2 Å². The molecule has 0 aliphatic rings. The summed E-state index contributed by atoms with van der Waals surface area (Å²) < 4.78 is 0. The molecule has 0 saturated carbocycles. The Hall–Kier alpha value is -2.47. The Bertz CT molecular complexity index is 718. The largest absolute Gasteiger partial charge is 0.348 e. The molecule has 0 radical (unpaired) electrons. The van der Waals surface area contributed by atoms with E-state index in [0.717, 1.165) is 16.3 Å². The lowest BCUT2D eigenvalue weighted by molar-refractivity contribution is -0.116. The molecule has 23 heavy (non-hydrogen) atoms. The quantitative estimate of drug-likeness (QED) is 0.857. The molecule has 0 aliphatic carbocycles. The molecule has 2 aromatic rings. The molecular formula is C17H19N3O2S. The van der Waals surface area contributed by atoms with Gasteiger partial charge in [-0.2, -0.15) is 0 Å². The SMILES string of the molecule is Cc1nc(/C=C/C(=O)NCc2ccc(C(=O)N(C)C)cc2)cs1. The van der Waals surface area contributed by atoms with Crippen LogP contribution in [-0.2, 0) is 11.3 Å². The molecule has 5 nitrogen and oxygen atoms in total. The van der Waals surface area contributed by atoms with Crippen LogP contribution in [0.3, 0.4) is 0 Å². The van der Waals surface area contributed by atoms with Gasteiger partial charge in [0, 0.05) is 37.7 Å². The highest BCUT2D eigenvalue weighted by Gasteiger charge is 2.07. The summed E-state index contributed by atoms with van der Waals surface area (Å²) in [6.45, 7) is 2.34. The summed E-state index contributed by atoms with van der Waals surface area (Å²) in [7, 11) is 3.43. The Labute approximate surface area is 139 Å². The predicted octanol–water partition coefficient (Wildman–Crippen LogP) is 2.48. The first-order valence-corrected chi connectivity index (χ1v) is 8.02. The van der Waals surface area contributed by atoms with E-state index in [9.17, 15) is 9.59 Å². The third-order valence-electron chi connectivity index (χ3n) is 3.12. The number of benzene rings is 1. The van der Waals surface area contributed by atoms with Crippen LogP contribution in [0.1, 0.15) is 26.6 Å². The second-order valence-corrected chi connectivity index (χ2v) is 6.30. The molecule has 0 bridgehead atoms. The van der Waals surface area contributed by atoms with Gasteiger partial charge in [0.1, 0.15) is 0 Å². The van der Waals surface area contributed by atoms with Crippen molar-refractivity contribution in [1.29, 1.82) is 0 Å². The number of carbonyl (C=O) groups is 2. The fourth-order valence-electron chi connectivity index (χ4n) is 1.89. The number of carbonyl (C=O) groups excluding carboxylic acids is 2. The summed E-state index contributed by atoms with van der Waals surface area (Å²) in [6.07, 6.45) is 3.16. The zero-order chi connectivity index (χ0) is 16.8. The number of hydrogen-bond donors (Lipinski definition) is 1. The van der Waals surface area contributed by atoms with Gasteiger partial charge in [-0.05, 0) is 30.7 Å². The molecule has 0 saturated heterocycles. The minimum Gasteiger partial charge on any atom is -0.348 e. The van der Waals surface area contributed by atoms with Gasteiger partial charge in [-0.3, -0.25) is 9.59 Å². The zero-order valence-corrected chi connectivity index (χ0v) is 14.2. The lowest BCUT2D eigenvalue weighted by atomic mass is 10.1. The van der Waals surface area contributed by atoms with Crippen LogP contribution >= 0.6 is 11.3 Å². The summed E-state index contributed by atoms with van der Waals surface area (Å²) >= 11 is 1.55. The number of aromatic nitrogens is 1. The molecule has 2 amide bonds. The van der Waals surface area contributed by atoms with Gasteiger partial charge in [-0.25, -0.2) is 4.98 Å². The van der Waals surface area contributed by atoms with Gasteiger partial charge in [0.05, 0.1) is 10.7 Å². The average molecular weight is 329 g/mol. The van der Waals surface area contributed by atoms with E-state index < -0.39 is 0 Å². The molecule has 0 spiro atoms. The first-order chi connectivity index (χ1) is 11.0. The van der Waals surface area contributed by atoms with Gasteiger partial charge in [-0.15, -0.1) is 11.3 Å². The summed E-state index contributed by atoms with van der Waals surface area (Å²) in [5, 5.41) is 5.67. The number of thiazole rings is 1. The Morgan fingerprint density at radius 1 is 1.26 bits per heavy atom. The highest BCUT2D eigenvalue weighted by molar-refractivity contribution is 7.09. The number of amides is 2. The number of hydrogen-bond acceptors (Lipinski definition) is 4. The number of rotatable bonds is 5. The van der Waals surface area contributed by atoms with E-state index in [2.05, 4.69) is 10.3 Å². The third kappa shape index (κ3) is 5.03. The molecule has 2 rings (SSSR count). The van der Waals surface area contributed by atoms with Crippen LogP contribution in [0.25, 0.3) is 6.08 Å². The standard InChI is InChI=1S/C17H19N3O2S/c1-12-19-15(11-23-12)8-9-16(21)18-10-13-4-6-14(7-5-13)17(22)20(2)3/h4-9,11H,10H2,1-3H3,(H,18,21)/b9-8+. The Morgan fingerprint density at radius 2 is 1.96 bits per heavy atom. The van der Waals surface area contributed by atoms with Crippen molar-refractivity contribution in [2.75, 3.05) is 14.1 Å². The second kappa shape index (κ2) is 7.69. The zero-order valence-electron chi connectivity index (χ0n) is 13.4. The van der Waals surface area contributed by atoms with Crippen molar-refractivity contribution in [2.24, 2.45) is 0 Å². The molecule has 0 fully saturated rings. The molecule has 1 aromatic carbocycles. The Morgan fingerprint density at radius 3 is 2.52 bits per heavy atom. The molecule has 0 atom stereocenters. The van der Waals surface area contributed by atoms with E-state index in [1.807, 2.05) is 24.4 Å². The number of nitrogens with zero attached hydrogens (tertiary/aromatic N) is 2. The van der Waals surface area contributed by atoms with E-state index in [0.29, 0.717) is 12.1 Å². The van der Waals surface area contributed by atoms with E-state index >= 15 is 0 Å². The van der Waals surface area contributed by atoms with Gasteiger partial charge < -0.3 is 10.2 Å². The molecule has 1 heterocycles. The molecule has 1 N–H and O–H groups in total. The fraction of sp³-hybridized carbons (Fsp3) is 0.235. The van der Waals surface area contributed by atoms with Gasteiger partial charge >= 0.3 is 0 Å². The summed E-state index contributed by atoms with van der Waals surface area (Å²) in [4.78, 5) is 29.3. The molecular weight excluding hydrogens is 310 g/mol. The highest BCUT2D eigenvalue weighted by atomic mass is 32.1. The summed E-state index contributed by atoms with van der Waals surface area (Å²) in [5.41, 5.74) is 2.35. The fourth-order valence-corrected chi connectivity index (χ4v) is 2.47. The van der Waals surface area contributed by atoms with Crippen molar-refractivity contribution in [3.63, 3.8) is 0 Å². The normalized spacial score (nSPS) is 10.7. The topological polar surface area (TPSA) is 62.3 Å². The van der Waals surface area contributed by atoms with Crippen molar-refractivity contribution in [1.82, 2.24) is 15.2 Å². The molecule has 120 valence electrons. The number of nitrogens with one attached hydrogen (secondary N) is 1. The van der Waals surface area contributed by atoms with Crippen LogP contribution in [-0.4, -0.2) is 35.8 Å². The number of aryl methyl sites for hydroxylation is 1. The van der Waals surface area contributed by atoms with Crippen molar-refractivity contribution in [3.8, 4) is 0 Å². The first kappa shape index (κ1) is 16.9. The first-order valence-electron chi connectivity index (χ1n) is 7.14. The van der Waals surface area contributed by atoms with Gasteiger partial charge in [0.25, 0.3) is 5.91 Å². The third-order valence-corrected chi connectivity index (χ3v) is 3.91. The summed E-state index contributed by atoms with van der Waals surface area (Å²) in [6, 6.07) is 7.20. The predicted molar refractivity (Wildman–Crippen MR) is 92.2 cm³/mol. The maximum atomic E-state index is 11.8. The van der Waals surface area contributed by atoms with Crippen LogP contribution in [0, 0.1) is 6.92 Å². The van der Waals surface area contributed by atoms with Gasteiger partial charge in [-0.1, -0.05) is 12.1 Å². The van der Waals surface area contributed by atoms with E-state index in [-0.39, 0.29) is 11.8 Å². The molecule has 1 aromatic heterocycles. The van der Waals surface area contributed by atoms with E-state index in [4.69, 9.17) is 0 Å². The van der Waals surface area contributed by atoms with Crippen LogP contribution in [0.5, 0.6) is 0 Å². The maximum absolute atomic E-state index is 11.8. The average Bonchev–Trinajstić information content (AvgIpc) is 2.96. The minimum atomic E-state index is -0.177. The monoisotopic (exact) mass is 329 g/mol. The van der Waals surface area contributed by atoms with Crippen LogP contribution in [0.15, 0.2) is 35.7 Å². The minimum absolute atomic E-state index is 0.0397. The lowest BCUT2D eigenvalue weighted by Gasteiger charge is -2.10. The second-order valence-electron chi connectivity index (χ2n) is 5.24. The van der Waals surface area contributed by atoms with Crippen molar-refractivity contribution < 1.29 is 9.59 Å². The Kier molecular flexibility index (Phi) is 5.65. The molecule has 0 aliphatic heterocycles. The highest BCUT2D eigenvalue weighted by Crippen LogP contribution is 2.09. The van der Waals surface area contributed by atoms with E-state index in [1.54, 1.807) is 43.6 Å². The lowest BCUT2D eigenvalue weighted by Crippen LogP contribution is -2.22. The smallest absolute Gasteiger partial charge is 0.253 e. The van der Waals surface area contributed by atoms with Crippen molar-refractivity contribution in [3.05, 3.63) is 57.6 Å². The molecule has 0 unspecified atom stereocenters. The maximum Gasteiger partial charge on any atom is 0.253 e. The van der Waals surface area contributed by atoms with Crippen molar-refractivity contribution in [2.45, 2.75) is 13.5 Å². The summed E-state index contributed by atoms with van der Waals surface area (Å²) in [5.74, 6) is -0.217. The van der Waals surface area contributed by atoms with E-state index in [1.165, 1.54) is 11.0 Å². The van der Waals surface area contributed by atoms with Gasteiger partial charge in [0.15, 0.2) is 0 Å². The van der Waals surface area contributed by atoms with Crippen LogP contribution in [0.4, 0.5) is 0 Å². The Balaban J connectivity index is 1.87. The van der Waals surface area contributed by atoms with Crippen LogP contribution in [0.2, 0.25) is 0 Å². The van der Waals surface area contributed by atoms with Crippen LogP contribution < -0.4 is 5.32 Å².